The van der Waals surface area contributed by atoms with Gasteiger partial charge in [0.05, 0.1) is 11.9 Å². The fourth-order valence-electron chi connectivity index (χ4n) is 4.29. The van der Waals surface area contributed by atoms with Crippen molar-refractivity contribution < 1.29 is 22.4 Å². The van der Waals surface area contributed by atoms with Crippen LogP contribution in [0.4, 0.5) is 10.1 Å². The van der Waals surface area contributed by atoms with Crippen LogP contribution < -0.4 is 9.62 Å². The Morgan fingerprint density at radius 3 is 2.23 bits per heavy atom. The molecule has 35 heavy (non-hydrogen) atoms. The summed E-state index contributed by atoms with van der Waals surface area (Å²) in [5.74, 6) is -1.17. The van der Waals surface area contributed by atoms with Crippen LogP contribution in [0.15, 0.2) is 48.5 Å². The lowest BCUT2D eigenvalue weighted by Gasteiger charge is -2.33. The summed E-state index contributed by atoms with van der Waals surface area (Å²) >= 11 is 2.12. The summed E-state index contributed by atoms with van der Waals surface area (Å²) in [6.07, 6.45) is 5.32. The van der Waals surface area contributed by atoms with Gasteiger partial charge in [0.25, 0.3) is 0 Å². The van der Waals surface area contributed by atoms with E-state index in [1.165, 1.54) is 17.0 Å². The predicted octanol–water partition coefficient (Wildman–Crippen LogP) is 4.06. The van der Waals surface area contributed by atoms with Gasteiger partial charge < -0.3 is 10.2 Å². The number of anilines is 1. The summed E-state index contributed by atoms with van der Waals surface area (Å²) in [6, 6.07) is 11.8. The molecule has 0 bridgehead atoms. The first-order valence-electron chi connectivity index (χ1n) is 11.7. The van der Waals surface area contributed by atoms with Crippen molar-refractivity contribution in [3.63, 3.8) is 0 Å². The molecule has 1 unspecified atom stereocenters. The molecule has 0 aromatic heterocycles. The standard InChI is InChI=1S/C25H31FIN3O4S/c1-3-23(25(32)28-21-6-4-5-7-21)29(16-18-8-10-19(26)11-9-18)24(31)17-30(35(2,33)34)22-14-12-20(27)13-15-22/h8-15,21,23H,3-7,16-17H2,1-2H3,(H,28,32). The minimum Gasteiger partial charge on any atom is -0.352 e. The maximum atomic E-state index is 13.6. The third-order valence-corrected chi connectivity index (χ3v) is 8.01. The zero-order chi connectivity index (χ0) is 25.6. The number of benzene rings is 2. The number of hydrogen-bond donors (Lipinski definition) is 1. The number of nitrogens with one attached hydrogen (secondary N) is 1. The van der Waals surface area contributed by atoms with Gasteiger partial charge in [-0.1, -0.05) is 31.9 Å². The van der Waals surface area contributed by atoms with Crippen LogP contribution in [-0.2, 0) is 26.2 Å². The number of carbonyl (C=O) groups is 2. The summed E-state index contributed by atoms with van der Waals surface area (Å²) in [5.41, 5.74) is 1.01. The van der Waals surface area contributed by atoms with Crippen LogP contribution in [0.25, 0.3) is 0 Å². The molecular weight excluding hydrogens is 584 g/mol. The van der Waals surface area contributed by atoms with Gasteiger partial charge in [0.2, 0.25) is 21.8 Å². The average molecular weight is 616 g/mol. The minimum atomic E-state index is -3.78. The van der Waals surface area contributed by atoms with E-state index in [1.807, 2.05) is 6.92 Å². The number of halogens is 2. The van der Waals surface area contributed by atoms with E-state index < -0.39 is 34.3 Å². The molecule has 2 amide bonds. The van der Waals surface area contributed by atoms with Crippen molar-refractivity contribution >= 4 is 50.1 Å². The Bertz CT molecular complexity index is 1120. The van der Waals surface area contributed by atoms with Crippen molar-refractivity contribution in [2.45, 2.75) is 57.7 Å². The number of hydrogen-bond acceptors (Lipinski definition) is 4. The molecule has 0 spiro atoms. The fourth-order valence-corrected chi connectivity index (χ4v) is 5.50. The summed E-state index contributed by atoms with van der Waals surface area (Å²) in [7, 11) is -3.78. The lowest BCUT2D eigenvalue weighted by Crippen LogP contribution is -2.53. The highest BCUT2D eigenvalue weighted by Crippen LogP contribution is 2.22. The second kappa shape index (κ2) is 12.2. The zero-order valence-corrected chi connectivity index (χ0v) is 22.9. The molecular formula is C25H31FIN3O4S. The fraction of sp³-hybridized carbons (Fsp3) is 0.440. The normalized spacial score (nSPS) is 15.0. The Balaban J connectivity index is 1.90. The van der Waals surface area contributed by atoms with E-state index in [0.29, 0.717) is 17.7 Å². The Hall–Kier alpha value is -2.21. The molecule has 2 aromatic carbocycles. The highest BCUT2D eigenvalue weighted by Gasteiger charge is 2.33. The van der Waals surface area contributed by atoms with E-state index in [-0.39, 0.29) is 18.5 Å². The van der Waals surface area contributed by atoms with Crippen LogP contribution in [0.2, 0.25) is 0 Å². The maximum Gasteiger partial charge on any atom is 0.244 e. The van der Waals surface area contributed by atoms with Gasteiger partial charge in [-0.25, -0.2) is 12.8 Å². The molecule has 7 nitrogen and oxygen atoms in total. The van der Waals surface area contributed by atoms with Gasteiger partial charge in [-0.15, -0.1) is 0 Å². The van der Waals surface area contributed by atoms with Crippen molar-refractivity contribution in [1.29, 1.82) is 0 Å². The number of amides is 2. The third kappa shape index (κ3) is 7.63. The molecule has 1 N–H and O–H groups in total. The third-order valence-electron chi connectivity index (χ3n) is 6.15. The van der Waals surface area contributed by atoms with Crippen LogP contribution in [0, 0.1) is 9.39 Å². The van der Waals surface area contributed by atoms with Crippen molar-refractivity contribution in [2.24, 2.45) is 0 Å². The number of rotatable bonds is 10. The Morgan fingerprint density at radius 1 is 1.09 bits per heavy atom. The SMILES string of the molecule is CCC(C(=O)NC1CCCC1)N(Cc1ccc(F)cc1)C(=O)CN(c1ccc(I)cc1)S(C)(=O)=O. The summed E-state index contributed by atoms with van der Waals surface area (Å²) in [5, 5.41) is 3.06. The van der Waals surface area contributed by atoms with Gasteiger partial charge in [0, 0.05) is 16.2 Å². The van der Waals surface area contributed by atoms with Crippen LogP contribution in [0.3, 0.4) is 0 Å². The largest absolute Gasteiger partial charge is 0.352 e. The second-order valence-corrected chi connectivity index (χ2v) is 12.0. The molecule has 0 saturated heterocycles. The highest BCUT2D eigenvalue weighted by atomic mass is 127. The van der Waals surface area contributed by atoms with E-state index in [9.17, 15) is 22.4 Å². The van der Waals surface area contributed by atoms with Gasteiger partial charge in [-0.3, -0.25) is 13.9 Å². The monoisotopic (exact) mass is 615 g/mol. The Kier molecular flexibility index (Phi) is 9.51. The molecule has 0 aliphatic heterocycles. The number of sulfonamides is 1. The zero-order valence-electron chi connectivity index (χ0n) is 19.9. The first kappa shape index (κ1) is 27.4. The maximum absolute atomic E-state index is 13.6. The summed E-state index contributed by atoms with van der Waals surface area (Å²) in [4.78, 5) is 28.2. The van der Waals surface area contributed by atoms with Crippen molar-refractivity contribution in [3.8, 4) is 0 Å². The van der Waals surface area contributed by atoms with E-state index >= 15 is 0 Å². The smallest absolute Gasteiger partial charge is 0.244 e. The van der Waals surface area contributed by atoms with Crippen LogP contribution in [0.1, 0.15) is 44.6 Å². The van der Waals surface area contributed by atoms with E-state index in [1.54, 1.807) is 36.4 Å². The molecule has 2 aromatic rings. The first-order chi connectivity index (χ1) is 16.6. The lowest BCUT2D eigenvalue weighted by atomic mass is 10.1. The topological polar surface area (TPSA) is 86.8 Å². The molecule has 0 radical (unpaired) electrons. The van der Waals surface area contributed by atoms with Gasteiger partial charge in [-0.05, 0) is 83.8 Å². The van der Waals surface area contributed by atoms with Crippen LogP contribution in [-0.4, -0.2) is 50.0 Å². The second-order valence-electron chi connectivity index (χ2n) is 8.81. The molecule has 190 valence electrons. The molecule has 10 heteroatoms. The quantitative estimate of drug-likeness (QED) is 0.409. The van der Waals surface area contributed by atoms with E-state index in [4.69, 9.17) is 0 Å². The van der Waals surface area contributed by atoms with E-state index in [0.717, 1.165) is 39.8 Å². The van der Waals surface area contributed by atoms with Gasteiger partial charge >= 0.3 is 0 Å². The number of carbonyl (C=O) groups excluding carboxylic acids is 2. The van der Waals surface area contributed by atoms with Gasteiger partial charge in [0.15, 0.2) is 0 Å². The Labute approximate surface area is 220 Å². The van der Waals surface area contributed by atoms with E-state index in [2.05, 4.69) is 27.9 Å². The molecule has 1 fully saturated rings. The van der Waals surface area contributed by atoms with Crippen molar-refractivity contribution in [1.82, 2.24) is 10.2 Å². The highest BCUT2D eigenvalue weighted by molar-refractivity contribution is 14.1. The molecule has 1 aliphatic rings. The lowest BCUT2D eigenvalue weighted by molar-refractivity contribution is -0.140. The van der Waals surface area contributed by atoms with Gasteiger partial charge in [-0.2, -0.15) is 0 Å². The van der Waals surface area contributed by atoms with Crippen LogP contribution in [0.5, 0.6) is 0 Å². The molecule has 0 heterocycles. The van der Waals surface area contributed by atoms with Crippen molar-refractivity contribution in [3.05, 3.63) is 63.5 Å². The summed E-state index contributed by atoms with van der Waals surface area (Å²) in [6.45, 7) is 1.42. The van der Waals surface area contributed by atoms with Gasteiger partial charge in [0.1, 0.15) is 18.4 Å². The molecule has 1 atom stereocenters. The van der Waals surface area contributed by atoms with Crippen molar-refractivity contribution in [2.75, 3.05) is 17.1 Å². The minimum absolute atomic E-state index is 0.0556. The average Bonchev–Trinajstić information content (AvgIpc) is 3.31. The first-order valence-corrected chi connectivity index (χ1v) is 14.6. The van der Waals surface area contributed by atoms with Crippen LogP contribution >= 0.6 is 22.6 Å². The predicted molar refractivity (Wildman–Crippen MR) is 143 cm³/mol. The Morgan fingerprint density at radius 2 is 1.69 bits per heavy atom. The summed E-state index contributed by atoms with van der Waals surface area (Å²) < 4.78 is 40.7. The number of nitrogens with zero attached hydrogens (tertiary/aromatic N) is 2. The molecule has 1 aliphatic carbocycles. The molecule has 3 rings (SSSR count). The molecule has 1 saturated carbocycles.